The van der Waals surface area contributed by atoms with Gasteiger partial charge in [0.1, 0.15) is 28.3 Å². The van der Waals surface area contributed by atoms with Crippen molar-refractivity contribution >= 4 is 16.7 Å². The summed E-state index contributed by atoms with van der Waals surface area (Å²) < 4.78 is 31.0. The minimum atomic E-state index is -1.42. The van der Waals surface area contributed by atoms with E-state index in [9.17, 15) is 18.4 Å². The van der Waals surface area contributed by atoms with Gasteiger partial charge >= 0.3 is 11.6 Å². The minimum Gasteiger partial charge on any atom is -0.478 e. The predicted octanol–water partition coefficient (Wildman–Crippen LogP) is 2.08. The normalized spacial score (nSPS) is 10.8. The van der Waals surface area contributed by atoms with E-state index in [1.807, 2.05) is 0 Å². The molecular weight excluding hydrogens is 234 g/mol. The maximum Gasteiger partial charge on any atom is 0.346 e. The first-order valence-electron chi connectivity index (χ1n) is 4.57. The van der Waals surface area contributed by atoms with Crippen molar-refractivity contribution in [3.8, 4) is 0 Å². The molecule has 0 amide bonds. The molecule has 0 aliphatic rings. The summed E-state index contributed by atoms with van der Waals surface area (Å²) in [6.45, 7) is 1.24. The third kappa shape index (κ3) is 1.67. The van der Waals surface area contributed by atoms with Crippen LogP contribution in [0.25, 0.3) is 10.8 Å². The zero-order chi connectivity index (χ0) is 12.7. The van der Waals surface area contributed by atoms with Crippen molar-refractivity contribution in [1.29, 1.82) is 0 Å². The molecule has 0 aliphatic carbocycles. The van der Waals surface area contributed by atoms with Gasteiger partial charge < -0.3 is 9.52 Å². The maximum atomic E-state index is 13.4. The molecule has 0 radical (unpaired) electrons. The molecule has 1 aromatic carbocycles. The maximum absolute atomic E-state index is 13.4. The molecule has 2 aromatic rings. The van der Waals surface area contributed by atoms with E-state index in [1.54, 1.807) is 0 Å². The van der Waals surface area contributed by atoms with Crippen LogP contribution < -0.4 is 5.63 Å². The summed E-state index contributed by atoms with van der Waals surface area (Å²) in [6, 6.07) is 1.30. The lowest BCUT2D eigenvalue weighted by Crippen LogP contribution is -2.10. The van der Waals surface area contributed by atoms with Gasteiger partial charge in [0.05, 0.1) is 0 Å². The Bertz CT molecular complexity index is 688. The van der Waals surface area contributed by atoms with Crippen LogP contribution >= 0.6 is 0 Å². The van der Waals surface area contributed by atoms with Crippen LogP contribution in [0.1, 0.15) is 16.1 Å². The van der Waals surface area contributed by atoms with Gasteiger partial charge in [-0.1, -0.05) is 0 Å². The number of carboxylic acid groups (broad SMARTS) is 1. The standard InChI is InChI=1S/C11H6F2O4/c1-4-8(10(14)15)6-2-5(12)3-7(13)9(6)11(16)17-4/h2-3H,1H3,(H,14,15). The van der Waals surface area contributed by atoms with Gasteiger partial charge in [0.15, 0.2) is 0 Å². The van der Waals surface area contributed by atoms with E-state index >= 15 is 0 Å². The van der Waals surface area contributed by atoms with E-state index in [0.29, 0.717) is 6.07 Å². The monoisotopic (exact) mass is 240 g/mol. The first-order chi connectivity index (χ1) is 7.91. The highest BCUT2D eigenvalue weighted by Crippen LogP contribution is 2.22. The molecular formula is C11H6F2O4. The number of halogens is 2. The fourth-order valence-electron chi connectivity index (χ4n) is 1.67. The van der Waals surface area contributed by atoms with Gasteiger partial charge in [0.2, 0.25) is 0 Å². The Kier molecular flexibility index (Phi) is 2.42. The van der Waals surface area contributed by atoms with Gasteiger partial charge in [0, 0.05) is 11.5 Å². The smallest absolute Gasteiger partial charge is 0.346 e. The number of rotatable bonds is 1. The van der Waals surface area contributed by atoms with Gasteiger partial charge in [-0.05, 0) is 13.0 Å². The number of hydrogen-bond donors (Lipinski definition) is 1. The van der Waals surface area contributed by atoms with Crippen LogP contribution in [0.5, 0.6) is 0 Å². The number of benzene rings is 1. The summed E-state index contributed by atoms with van der Waals surface area (Å²) in [5.74, 6) is -3.71. The molecule has 17 heavy (non-hydrogen) atoms. The Labute approximate surface area is 93.1 Å². The van der Waals surface area contributed by atoms with Gasteiger partial charge in [-0.2, -0.15) is 0 Å². The fraction of sp³-hybridized carbons (Fsp3) is 0.0909. The number of carboxylic acids is 1. The molecule has 6 heteroatoms. The topological polar surface area (TPSA) is 67.5 Å². The number of hydrogen-bond acceptors (Lipinski definition) is 3. The first kappa shape index (κ1) is 11.3. The number of aryl methyl sites for hydroxylation is 1. The third-order valence-electron chi connectivity index (χ3n) is 2.34. The summed E-state index contributed by atoms with van der Waals surface area (Å²) in [6.07, 6.45) is 0. The van der Waals surface area contributed by atoms with E-state index in [0.717, 1.165) is 6.07 Å². The highest BCUT2D eigenvalue weighted by molar-refractivity contribution is 6.03. The van der Waals surface area contributed by atoms with Gasteiger partial charge in [-0.3, -0.25) is 0 Å². The summed E-state index contributed by atoms with van der Waals surface area (Å²) in [5, 5.41) is 8.07. The molecule has 0 saturated carbocycles. The van der Waals surface area contributed by atoms with Crippen LogP contribution in [0.4, 0.5) is 8.78 Å². The van der Waals surface area contributed by atoms with Crippen LogP contribution in [-0.2, 0) is 0 Å². The molecule has 0 spiro atoms. The molecule has 88 valence electrons. The minimum absolute atomic E-state index is 0.194. The van der Waals surface area contributed by atoms with Crippen LogP contribution in [0, 0.1) is 18.6 Å². The summed E-state index contributed by atoms with van der Waals surface area (Å²) >= 11 is 0. The SMILES string of the molecule is Cc1oc(=O)c2c(F)cc(F)cc2c1C(=O)O. The quantitative estimate of drug-likeness (QED) is 0.828. The molecule has 0 bridgehead atoms. The molecule has 0 atom stereocenters. The van der Waals surface area contributed by atoms with E-state index < -0.39 is 34.2 Å². The van der Waals surface area contributed by atoms with Crippen LogP contribution in [-0.4, -0.2) is 11.1 Å². The Balaban J connectivity index is 3.11. The van der Waals surface area contributed by atoms with Crippen molar-refractivity contribution in [1.82, 2.24) is 0 Å². The summed E-state index contributed by atoms with van der Waals surface area (Å²) in [5.41, 5.74) is -1.45. The molecule has 1 heterocycles. The Morgan fingerprint density at radius 2 is 2.00 bits per heavy atom. The van der Waals surface area contributed by atoms with Crippen molar-refractivity contribution in [2.75, 3.05) is 0 Å². The lowest BCUT2D eigenvalue weighted by Gasteiger charge is -2.05. The van der Waals surface area contributed by atoms with E-state index in [4.69, 9.17) is 5.11 Å². The molecule has 0 aliphatic heterocycles. The van der Waals surface area contributed by atoms with Crippen LogP contribution in [0.3, 0.4) is 0 Å². The average Bonchev–Trinajstić information content (AvgIpc) is 2.13. The Morgan fingerprint density at radius 1 is 1.35 bits per heavy atom. The zero-order valence-corrected chi connectivity index (χ0v) is 8.58. The molecule has 2 rings (SSSR count). The molecule has 4 nitrogen and oxygen atoms in total. The number of fused-ring (bicyclic) bond motifs is 1. The first-order valence-corrected chi connectivity index (χ1v) is 4.57. The zero-order valence-electron chi connectivity index (χ0n) is 8.58. The van der Waals surface area contributed by atoms with Crippen molar-refractivity contribution in [3.05, 3.63) is 45.5 Å². The van der Waals surface area contributed by atoms with Crippen LogP contribution in [0.2, 0.25) is 0 Å². The van der Waals surface area contributed by atoms with Crippen molar-refractivity contribution in [2.45, 2.75) is 6.92 Å². The van der Waals surface area contributed by atoms with Gasteiger partial charge in [-0.15, -0.1) is 0 Å². The van der Waals surface area contributed by atoms with Gasteiger partial charge in [-0.25, -0.2) is 18.4 Å². The van der Waals surface area contributed by atoms with Gasteiger partial charge in [0.25, 0.3) is 0 Å². The van der Waals surface area contributed by atoms with E-state index in [-0.39, 0.29) is 11.1 Å². The number of carbonyl (C=O) groups is 1. The van der Waals surface area contributed by atoms with E-state index in [2.05, 4.69) is 4.42 Å². The van der Waals surface area contributed by atoms with Crippen LogP contribution in [0.15, 0.2) is 21.3 Å². The Morgan fingerprint density at radius 3 is 2.59 bits per heavy atom. The molecule has 1 aromatic heterocycles. The molecule has 0 unspecified atom stereocenters. The second-order valence-corrected chi connectivity index (χ2v) is 3.44. The summed E-state index contributed by atoms with van der Waals surface area (Å²) in [7, 11) is 0. The lowest BCUT2D eigenvalue weighted by molar-refractivity contribution is 0.0695. The predicted molar refractivity (Wildman–Crippen MR) is 54.1 cm³/mol. The average molecular weight is 240 g/mol. The molecule has 0 fully saturated rings. The number of aromatic carboxylic acids is 1. The van der Waals surface area contributed by atoms with E-state index in [1.165, 1.54) is 6.92 Å². The second-order valence-electron chi connectivity index (χ2n) is 3.44. The molecule has 0 saturated heterocycles. The van der Waals surface area contributed by atoms with Crippen molar-refractivity contribution < 1.29 is 23.1 Å². The fourth-order valence-corrected chi connectivity index (χ4v) is 1.67. The highest BCUT2D eigenvalue weighted by atomic mass is 19.1. The Hall–Kier alpha value is -2.24. The summed E-state index contributed by atoms with van der Waals surface area (Å²) in [4.78, 5) is 22.3. The van der Waals surface area contributed by atoms with Crippen molar-refractivity contribution in [3.63, 3.8) is 0 Å². The third-order valence-corrected chi connectivity index (χ3v) is 2.34. The largest absolute Gasteiger partial charge is 0.478 e. The second kappa shape index (κ2) is 3.65. The lowest BCUT2D eigenvalue weighted by atomic mass is 10.1. The van der Waals surface area contributed by atoms with Crippen molar-refractivity contribution in [2.24, 2.45) is 0 Å². The molecule has 1 N–H and O–H groups in total. The highest BCUT2D eigenvalue weighted by Gasteiger charge is 2.20.